The molecule has 19 heavy (non-hydrogen) atoms. The lowest BCUT2D eigenvalue weighted by Crippen LogP contribution is -2.57. The molecule has 0 radical (unpaired) electrons. The van der Waals surface area contributed by atoms with Gasteiger partial charge in [0.2, 0.25) is 5.91 Å². The number of hydrogen-bond donors (Lipinski definition) is 2. The molecule has 2 aliphatic rings. The second-order valence-electron chi connectivity index (χ2n) is 5.25. The third-order valence-corrected chi connectivity index (χ3v) is 4.01. The Hall–Kier alpha value is -1.75. The Balaban J connectivity index is 1.63. The van der Waals surface area contributed by atoms with Crippen molar-refractivity contribution in [1.82, 2.24) is 5.32 Å². The van der Waals surface area contributed by atoms with Gasteiger partial charge in [0.15, 0.2) is 0 Å². The minimum Gasteiger partial charge on any atom is -0.508 e. The van der Waals surface area contributed by atoms with E-state index in [0.717, 1.165) is 31.6 Å². The number of morpholine rings is 1. The van der Waals surface area contributed by atoms with Crippen LogP contribution in [0.15, 0.2) is 24.3 Å². The fourth-order valence-electron chi connectivity index (χ4n) is 2.74. The second kappa shape index (κ2) is 4.74. The van der Waals surface area contributed by atoms with Gasteiger partial charge < -0.3 is 20.1 Å². The Labute approximate surface area is 112 Å². The maximum atomic E-state index is 11.1. The minimum absolute atomic E-state index is 0.0217. The maximum Gasteiger partial charge on any atom is 0.246 e. The van der Waals surface area contributed by atoms with Gasteiger partial charge in [-0.15, -0.1) is 0 Å². The van der Waals surface area contributed by atoms with E-state index in [0.29, 0.717) is 6.54 Å². The zero-order valence-electron chi connectivity index (χ0n) is 10.8. The molecule has 0 atom stereocenters. The smallest absolute Gasteiger partial charge is 0.246 e. The van der Waals surface area contributed by atoms with E-state index in [9.17, 15) is 9.90 Å². The molecule has 1 amide bonds. The maximum absolute atomic E-state index is 11.1. The van der Waals surface area contributed by atoms with Crippen molar-refractivity contribution < 1.29 is 14.6 Å². The lowest BCUT2D eigenvalue weighted by atomic mass is 9.89. The van der Waals surface area contributed by atoms with E-state index in [1.807, 2.05) is 12.1 Å². The Morgan fingerprint density at radius 3 is 2.47 bits per heavy atom. The molecule has 0 bridgehead atoms. The van der Waals surface area contributed by atoms with Gasteiger partial charge in [-0.2, -0.15) is 0 Å². The summed E-state index contributed by atoms with van der Waals surface area (Å²) in [5, 5.41) is 12.2. The number of nitrogens with one attached hydrogen (secondary N) is 1. The van der Waals surface area contributed by atoms with Crippen LogP contribution >= 0.6 is 0 Å². The molecule has 1 aromatic rings. The summed E-state index contributed by atoms with van der Waals surface area (Å²) in [5.74, 6) is 0.266. The zero-order chi connectivity index (χ0) is 13.3. The van der Waals surface area contributed by atoms with Gasteiger partial charge in [-0.1, -0.05) is 0 Å². The summed E-state index contributed by atoms with van der Waals surface area (Å²) in [7, 11) is 0. The first-order valence-electron chi connectivity index (χ1n) is 6.62. The average Bonchev–Trinajstić information content (AvgIpc) is 2.44. The first kappa shape index (κ1) is 12.3. The molecule has 5 nitrogen and oxygen atoms in total. The summed E-state index contributed by atoms with van der Waals surface area (Å²) in [4.78, 5) is 13.4. The fourth-order valence-corrected chi connectivity index (χ4v) is 2.74. The van der Waals surface area contributed by atoms with Crippen LogP contribution in [0, 0.1) is 0 Å². The van der Waals surface area contributed by atoms with Crippen LogP contribution in [0.2, 0.25) is 0 Å². The summed E-state index contributed by atoms with van der Waals surface area (Å²) in [5.41, 5.74) is 0.939. The molecule has 2 N–H and O–H groups in total. The fraction of sp³-hybridized carbons (Fsp3) is 0.500. The van der Waals surface area contributed by atoms with Crippen molar-refractivity contribution in [3.8, 4) is 5.75 Å². The normalized spacial score (nSPS) is 22.3. The third kappa shape index (κ3) is 2.51. The molecule has 2 heterocycles. The largest absolute Gasteiger partial charge is 0.508 e. The number of carbonyl (C=O) groups excluding carboxylic acids is 1. The van der Waals surface area contributed by atoms with Gasteiger partial charge in [-0.25, -0.2) is 0 Å². The molecule has 0 aromatic heterocycles. The topological polar surface area (TPSA) is 61.8 Å². The van der Waals surface area contributed by atoms with Crippen molar-refractivity contribution in [2.45, 2.75) is 18.4 Å². The highest BCUT2D eigenvalue weighted by Gasteiger charge is 2.38. The van der Waals surface area contributed by atoms with Crippen LogP contribution in [-0.2, 0) is 9.53 Å². The van der Waals surface area contributed by atoms with E-state index < -0.39 is 0 Å². The molecular formula is C14H18N2O3. The lowest BCUT2D eigenvalue weighted by molar-refractivity contribution is -0.146. The highest BCUT2D eigenvalue weighted by molar-refractivity contribution is 5.78. The van der Waals surface area contributed by atoms with Crippen molar-refractivity contribution in [2.75, 3.05) is 31.1 Å². The van der Waals surface area contributed by atoms with Crippen LogP contribution in [0.5, 0.6) is 5.75 Å². The van der Waals surface area contributed by atoms with Crippen molar-refractivity contribution >= 4 is 11.6 Å². The van der Waals surface area contributed by atoms with Crippen LogP contribution in [0.25, 0.3) is 0 Å². The second-order valence-corrected chi connectivity index (χ2v) is 5.25. The number of rotatable bonds is 1. The highest BCUT2D eigenvalue weighted by Crippen LogP contribution is 2.30. The van der Waals surface area contributed by atoms with Gasteiger partial charge >= 0.3 is 0 Å². The Kier molecular flexibility index (Phi) is 3.06. The quantitative estimate of drug-likeness (QED) is 0.788. The van der Waals surface area contributed by atoms with Crippen LogP contribution in [0.3, 0.4) is 0 Å². The van der Waals surface area contributed by atoms with E-state index in [1.165, 1.54) is 0 Å². The monoisotopic (exact) mass is 262 g/mol. The van der Waals surface area contributed by atoms with Crippen LogP contribution in [0.4, 0.5) is 5.69 Å². The molecule has 1 aromatic carbocycles. The van der Waals surface area contributed by atoms with E-state index in [2.05, 4.69) is 10.2 Å². The van der Waals surface area contributed by atoms with Gasteiger partial charge in [-0.05, 0) is 37.1 Å². The SMILES string of the molecule is O=C1COC2(CCN(c3ccc(O)cc3)CC2)CN1. The average molecular weight is 262 g/mol. The first-order valence-corrected chi connectivity index (χ1v) is 6.62. The third-order valence-electron chi connectivity index (χ3n) is 4.01. The molecule has 102 valence electrons. The van der Waals surface area contributed by atoms with Gasteiger partial charge in [0.05, 0.1) is 5.60 Å². The molecule has 2 fully saturated rings. The minimum atomic E-state index is -0.179. The van der Waals surface area contributed by atoms with E-state index in [-0.39, 0.29) is 23.9 Å². The molecular weight excluding hydrogens is 244 g/mol. The Bertz CT molecular complexity index is 452. The molecule has 3 rings (SSSR count). The Morgan fingerprint density at radius 1 is 1.21 bits per heavy atom. The van der Waals surface area contributed by atoms with Gasteiger partial charge in [0.25, 0.3) is 0 Å². The predicted octanol–water partition coefficient (Wildman–Crippen LogP) is 0.878. The molecule has 2 saturated heterocycles. The van der Waals surface area contributed by atoms with Crippen molar-refractivity contribution in [3.63, 3.8) is 0 Å². The van der Waals surface area contributed by atoms with Crippen LogP contribution in [0.1, 0.15) is 12.8 Å². The zero-order valence-corrected chi connectivity index (χ0v) is 10.8. The number of ether oxygens (including phenoxy) is 1. The summed E-state index contributed by atoms with van der Waals surface area (Å²) in [6, 6.07) is 7.27. The van der Waals surface area contributed by atoms with E-state index in [1.54, 1.807) is 12.1 Å². The first-order chi connectivity index (χ1) is 9.17. The van der Waals surface area contributed by atoms with Crippen molar-refractivity contribution in [2.24, 2.45) is 0 Å². The number of anilines is 1. The molecule has 5 heteroatoms. The molecule has 0 saturated carbocycles. The standard InChI is InChI=1S/C14H18N2O3/c17-12-3-1-11(2-4-12)16-7-5-14(6-8-16)10-15-13(18)9-19-14/h1-4,17H,5-10H2,(H,15,18). The molecule has 2 aliphatic heterocycles. The van der Waals surface area contributed by atoms with Gasteiger partial charge in [0.1, 0.15) is 12.4 Å². The summed E-state index contributed by atoms with van der Waals surface area (Å²) < 4.78 is 5.74. The number of hydrogen-bond acceptors (Lipinski definition) is 4. The van der Waals surface area contributed by atoms with E-state index >= 15 is 0 Å². The van der Waals surface area contributed by atoms with Crippen LogP contribution < -0.4 is 10.2 Å². The number of aromatic hydroxyl groups is 1. The predicted molar refractivity (Wildman–Crippen MR) is 71.2 cm³/mol. The molecule has 0 unspecified atom stereocenters. The number of phenolic OH excluding ortho intramolecular Hbond substituents is 1. The van der Waals surface area contributed by atoms with Crippen LogP contribution in [-0.4, -0.2) is 42.9 Å². The van der Waals surface area contributed by atoms with Gasteiger partial charge in [0, 0.05) is 25.3 Å². The van der Waals surface area contributed by atoms with Crippen molar-refractivity contribution in [3.05, 3.63) is 24.3 Å². The summed E-state index contributed by atoms with van der Waals surface area (Å²) in [6.07, 6.45) is 1.82. The van der Waals surface area contributed by atoms with E-state index in [4.69, 9.17) is 4.74 Å². The molecule has 1 spiro atoms. The van der Waals surface area contributed by atoms with Gasteiger partial charge in [-0.3, -0.25) is 4.79 Å². The number of nitrogens with zero attached hydrogens (tertiary/aromatic N) is 1. The number of carbonyl (C=O) groups is 1. The van der Waals surface area contributed by atoms with Crippen molar-refractivity contribution in [1.29, 1.82) is 0 Å². The number of benzene rings is 1. The molecule has 0 aliphatic carbocycles. The number of amides is 1. The lowest BCUT2D eigenvalue weighted by Gasteiger charge is -2.44. The summed E-state index contributed by atoms with van der Waals surface area (Å²) >= 11 is 0. The highest BCUT2D eigenvalue weighted by atomic mass is 16.5. The Morgan fingerprint density at radius 2 is 1.89 bits per heavy atom. The number of piperidine rings is 1. The summed E-state index contributed by atoms with van der Waals surface area (Å²) in [6.45, 7) is 2.61. The number of phenols is 1.